The van der Waals surface area contributed by atoms with Gasteiger partial charge in [-0.3, -0.25) is 4.79 Å². The van der Waals surface area contributed by atoms with Gasteiger partial charge in [-0.25, -0.2) is 8.42 Å². The molecule has 0 radical (unpaired) electrons. The largest absolute Gasteiger partial charge is 0.399 e. The smallest absolute Gasteiger partial charge is 0.265 e. The summed E-state index contributed by atoms with van der Waals surface area (Å²) >= 11 is 0.999. The highest BCUT2D eigenvalue weighted by atomic mass is 32.2. The molecule has 140 valence electrons. The van der Waals surface area contributed by atoms with E-state index >= 15 is 0 Å². The lowest BCUT2D eigenvalue weighted by Crippen LogP contribution is -2.37. The number of rotatable bonds is 4. The fourth-order valence-electron chi connectivity index (χ4n) is 2.89. The van der Waals surface area contributed by atoms with Crippen LogP contribution in [0.15, 0.2) is 34.5 Å². The third-order valence-corrected chi connectivity index (χ3v) is 8.10. The first kappa shape index (κ1) is 18.9. The molecule has 0 atom stereocenters. The van der Waals surface area contributed by atoms with Crippen LogP contribution in [0, 0.1) is 12.8 Å². The molecule has 1 aromatic heterocycles. The second kappa shape index (κ2) is 7.38. The lowest BCUT2D eigenvalue weighted by molar-refractivity contribution is 0.103. The van der Waals surface area contributed by atoms with Crippen molar-refractivity contribution < 1.29 is 13.2 Å². The number of nitrogens with two attached hydrogens (primary N) is 1. The minimum absolute atomic E-state index is 0.210. The minimum Gasteiger partial charge on any atom is -0.399 e. The summed E-state index contributed by atoms with van der Waals surface area (Å²) in [5.74, 6) is 0.213. The Morgan fingerprint density at radius 3 is 2.62 bits per heavy atom. The fourth-order valence-corrected chi connectivity index (χ4v) is 5.72. The van der Waals surface area contributed by atoms with Crippen LogP contribution in [0.25, 0.3) is 0 Å². The van der Waals surface area contributed by atoms with Crippen molar-refractivity contribution in [1.29, 1.82) is 0 Å². The van der Waals surface area contributed by atoms with E-state index in [2.05, 4.69) is 12.2 Å². The van der Waals surface area contributed by atoms with Crippen molar-refractivity contribution in [2.45, 2.75) is 30.9 Å². The summed E-state index contributed by atoms with van der Waals surface area (Å²) in [4.78, 5) is 12.8. The quantitative estimate of drug-likeness (QED) is 0.780. The van der Waals surface area contributed by atoms with E-state index in [1.165, 1.54) is 10.4 Å². The van der Waals surface area contributed by atoms with Crippen LogP contribution in [0.3, 0.4) is 0 Å². The molecule has 3 N–H and O–H groups in total. The summed E-state index contributed by atoms with van der Waals surface area (Å²) in [6.45, 7) is 5.07. The third kappa shape index (κ3) is 3.92. The molecule has 0 bridgehead atoms. The maximum Gasteiger partial charge on any atom is 0.265 e. The number of nitrogen functional groups attached to an aromatic ring is 1. The number of benzene rings is 1. The monoisotopic (exact) mass is 393 g/mol. The van der Waals surface area contributed by atoms with Crippen LogP contribution in [-0.4, -0.2) is 31.7 Å². The number of nitrogens with one attached hydrogen (secondary N) is 1. The van der Waals surface area contributed by atoms with Gasteiger partial charge in [0.05, 0.1) is 4.88 Å². The number of hydrogen-bond donors (Lipinski definition) is 2. The second-order valence-corrected chi connectivity index (χ2v) is 9.98. The molecule has 0 saturated carbocycles. The summed E-state index contributed by atoms with van der Waals surface area (Å²) in [6.07, 6.45) is 1.74. The summed E-state index contributed by atoms with van der Waals surface area (Å²) in [5, 5.41) is 2.80. The molecule has 3 rings (SSSR count). The third-order valence-electron chi connectivity index (χ3n) is 4.65. The van der Waals surface area contributed by atoms with E-state index in [1.807, 2.05) is 13.0 Å². The molecule has 1 amide bonds. The molecule has 2 aromatic rings. The fraction of sp³-hybridized carbons (Fsp3) is 0.389. The van der Waals surface area contributed by atoms with E-state index in [0.29, 0.717) is 35.3 Å². The summed E-state index contributed by atoms with van der Waals surface area (Å²) in [7, 11) is -3.53. The van der Waals surface area contributed by atoms with Crippen LogP contribution < -0.4 is 11.1 Å². The first-order valence-electron chi connectivity index (χ1n) is 8.55. The Kier molecular flexibility index (Phi) is 5.36. The molecular formula is C18H23N3O3S2. The Hall–Kier alpha value is -1.90. The number of carbonyl (C=O) groups is 1. The number of thiophene rings is 1. The standard InChI is InChI=1S/C18H23N3O3S2/c1-12-7-9-21(10-8-12)26(23,24)17-6-5-16(25-17)18(22)20-15-11-14(19)4-3-13(15)2/h3-6,11-12H,7-10,19H2,1-2H3,(H,20,22). The number of carbonyl (C=O) groups excluding carboxylic acids is 1. The highest BCUT2D eigenvalue weighted by Crippen LogP contribution is 2.29. The van der Waals surface area contributed by atoms with Crippen molar-refractivity contribution in [2.75, 3.05) is 24.1 Å². The van der Waals surface area contributed by atoms with E-state index in [4.69, 9.17) is 5.73 Å². The first-order chi connectivity index (χ1) is 12.3. The van der Waals surface area contributed by atoms with Gasteiger partial charge in [0, 0.05) is 24.5 Å². The average molecular weight is 394 g/mol. The number of anilines is 2. The Balaban J connectivity index is 1.76. The van der Waals surface area contributed by atoms with Crippen molar-refractivity contribution in [3.05, 3.63) is 40.8 Å². The number of sulfonamides is 1. The van der Waals surface area contributed by atoms with Gasteiger partial charge in [0.1, 0.15) is 4.21 Å². The summed E-state index contributed by atoms with van der Waals surface area (Å²) in [5.41, 5.74) is 7.83. The molecular weight excluding hydrogens is 370 g/mol. The summed E-state index contributed by atoms with van der Waals surface area (Å²) in [6, 6.07) is 8.35. The van der Waals surface area contributed by atoms with Gasteiger partial charge in [-0.05, 0) is 55.5 Å². The molecule has 1 fully saturated rings. The number of hydrogen-bond acceptors (Lipinski definition) is 5. The lowest BCUT2D eigenvalue weighted by Gasteiger charge is -2.28. The minimum atomic E-state index is -3.53. The Labute approximate surface area is 158 Å². The van der Waals surface area contributed by atoms with E-state index in [-0.39, 0.29) is 10.1 Å². The van der Waals surface area contributed by atoms with Gasteiger partial charge in [-0.15, -0.1) is 11.3 Å². The molecule has 26 heavy (non-hydrogen) atoms. The second-order valence-electron chi connectivity index (χ2n) is 6.73. The predicted octanol–water partition coefficient (Wildman–Crippen LogP) is 3.31. The Morgan fingerprint density at radius 1 is 1.23 bits per heavy atom. The topological polar surface area (TPSA) is 92.5 Å². The van der Waals surface area contributed by atoms with Gasteiger partial charge in [-0.2, -0.15) is 4.31 Å². The van der Waals surface area contributed by atoms with Gasteiger partial charge in [0.2, 0.25) is 0 Å². The maximum atomic E-state index is 12.8. The highest BCUT2D eigenvalue weighted by Gasteiger charge is 2.29. The van der Waals surface area contributed by atoms with E-state index < -0.39 is 10.0 Å². The average Bonchev–Trinajstić information content (AvgIpc) is 3.09. The van der Waals surface area contributed by atoms with Crippen molar-refractivity contribution >= 4 is 38.6 Å². The van der Waals surface area contributed by atoms with Crippen molar-refractivity contribution in [1.82, 2.24) is 4.31 Å². The number of piperidine rings is 1. The zero-order valence-electron chi connectivity index (χ0n) is 14.9. The molecule has 0 aliphatic carbocycles. The van der Waals surface area contributed by atoms with Crippen LogP contribution in [0.4, 0.5) is 11.4 Å². The van der Waals surface area contributed by atoms with Gasteiger partial charge < -0.3 is 11.1 Å². The lowest BCUT2D eigenvalue weighted by atomic mass is 10.0. The zero-order chi connectivity index (χ0) is 18.9. The number of nitrogens with zero attached hydrogens (tertiary/aromatic N) is 1. The maximum absolute atomic E-state index is 12.8. The molecule has 1 aromatic carbocycles. The van der Waals surface area contributed by atoms with Crippen LogP contribution in [0.5, 0.6) is 0 Å². The SMILES string of the molecule is Cc1ccc(N)cc1NC(=O)c1ccc(S(=O)(=O)N2CCC(C)CC2)s1. The van der Waals surface area contributed by atoms with E-state index in [1.54, 1.807) is 18.2 Å². The van der Waals surface area contributed by atoms with Crippen LogP contribution in [0.2, 0.25) is 0 Å². The zero-order valence-corrected chi connectivity index (χ0v) is 16.5. The van der Waals surface area contributed by atoms with Gasteiger partial charge in [0.25, 0.3) is 15.9 Å². The molecule has 6 nitrogen and oxygen atoms in total. The highest BCUT2D eigenvalue weighted by molar-refractivity contribution is 7.91. The van der Waals surface area contributed by atoms with Crippen molar-refractivity contribution in [3.8, 4) is 0 Å². The molecule has 1 saturated heterocycles. The van der Waals surface area contributed by atoms with E-state index in [9.17, 15) is 13.2 Å². The van der Waals surface area contributed by atoms with Crippen LogP contribution in [0.1, 0.15) is 35.0 Å². The first-order valence-corrected chi connectivity index (χ1v) is 10.8. The summed E-state index contributed by atoms with van der Waals surface area (Å²) < 4.78 is 27.3. The molecule has 1 aliphatic rings. The van der Waals surface area contributed by atoms with Crippen molar-refractivity contribution in [2.24, 2.45) is 5.92 Å². The molecule has 0 unspecified atom stereocenters. The number of amides is 1. The van der Waals surface area contributed by atoms with Crippen LogP contribution in [-0.2, 0) is 10.0 Å². The molecule has 0 spiro atoms. The Bertz CT molecular complexity index is 914. The van der Waals surface area contributed by atoms with E-state index in [0.717, 1.165) is 29.7 Å². The Morgan fingerprint density at radius 2 is 1.92 bits per heavy atom. The van der Waals surface area contributed by atoms with Gasteiger partial charge >= 0.3 is 0 Å². The predicted molar refractivity (Wildman–Crippen MR) is 105 cm³/mol. The normalized spacial score (nSPS) is 16.5. The van der Waals surface area contributed by atoms with Crippen molar-refractivity contribution in [3.63, 3.8) is 0 Å². The molecule has 8 heteroatoms. The molecule has 2 heterocycles. The van der Waals surface area contributed by atoms with Gasteiger partial charge in [0.15, 0.2) is 0 Å². The van der Waals surface area contributed by atoms with Crippen LogP contribution >= 0.6 is 11.3 Å². The molecule has 1 aliphatic heterocycles. The van der Waals surface area contributed by atoms with Gasteiger partial charge in [-0.1, -0.05) is 13.0 Å². The number of aryl methyl sites for hydroxylation is 1.